The van der Waals surface area contributed by atoms with Crippen molar-refractivity contribution in [2.75, 3.05) is 10.6 Å². The summed E-state index contributed by atoms with van der Waals surface area (Å²) in [6.07, 6.45) is 3.82. The SMILES string of the molecule is CCCc1ccccc1Nc1nc2ccc(C(=O)Nc3ccc4cn[nH]c4c3)cc2[nH]1. The minimum atomic E-state index is -0.182. The van der Waals surface area contributed by atoms with Gasteiger partial charge in [0, 0.05) is 22.3 Å². The average Bonchev–Trinajstić information content (AvgIpc) is 3.40. The number of carbonyl (C=O) groups excluding carboxylic acids is 1. The molecule has 0 saturated carbocycles. The number of nitrogens with zero attached hydrogens (tertiary/aromatic N) is 2. The minimum absolute atomic E-state index is 0.182. The van der Waals surface area contributed by atoms with Crippen molar-refractivity contribution in [1.82, 2.24) is 20.2 Å². The number of nitrogens with one attached hydrogen (secondary N) is 4. The van der Waals surface area contributed by atoms with Crippen LogP contribution in [0.25, 0.3) is 21.9 Å². The molecule has 2 heterocycles. The van der Waals surface area contributed by atoms with Crippen LogP contribution < -0.4 is 10.6 Å². The highest BCUT2D eigenvalue weighted by Crippen LogP contribution is 2.24. The molecule has 3 aromatic carbocycles. The molecule has 0 fully saturated rings. The molecule has 0 saturated heterocycles. The number of fused-ring (bicyclic) bond motifs is 2. The first-order chi connectivity index (χ1) is 15.2. The summed E-state index contributed by atoms with van der Waals surface area (Å²) in [5, 5.41) is 14.2. The Morgan fingerprint density at radius 3 is 2.84 bits per heavy atom. The van der Waals surface area contributed by atoms with Gasteiger partial charge in [-0.2, -0.15) is 5.10 Å². The van der Waals surface area contributed by atoms with Crippen LogP contribution in [0.2, 0.25) is 0 Å². The molecule has 154 valence electrons. The van der Waals surface area contributed by atoms with Gasteiger partial charge in [0.25, 0.3) is 5.91 Å². The summed E-state index contributed by atoms with van der Waals surface area (Å²) in [4.78, 5) is 20.6. The van der Waals surface area contributed by atoms with Crippen LogP contribution in [0.3, 0.4) is 0 Å². The molecule has 31 heavy (non-hydrogen) atoms. The molecule has 4 N–H and O–H groups in total. The number of H-pyrrole nitrogens is 2. The molecule has 2 aromatic heterocycles. The van der Waals surface area contributed by atoms with E-state index >= 15 is 0 Å². The maximum Gasteiger partial charge on any atom is 0.255 e. The van der Waals surface area contributed by atoms with Gasteiger partial charge in [-0.25, -0.2) is 4.98 Å². The fourth-order valence-electron chi connectivity index (χ4n) is 3.69. The Bertz CT molecular complexity index is 1380. The molecule has 7 heteroatoms. The van der Waals surface area contributed by atoms with Gasteiger partial charge in [-0.05, 0) is 54.4 Å². The van der Waals surface area contributed by atoms with Crippen LogP contribution in [-0.2, 0) is 6.42 Å². The van der Waals surface area contributed by atoms with E-state index in [1.54, 1.807) is 12.3 Å². The number of carbonyl (C=O) groups is 1. The van der Waals surface area contributed by atoms with Gasteiger partial charge >= 0.3 is 0 Å². The lowest BCUT2D eigenvalue weighted by Gasteiger charge is -2.08. The number of anilines is 3. The van der Waals surface area contributed by atoms with Crippen molar-refractivity contribution >= 4 is 45.2 Å². The first-order valence-electron chi connectivity index (χ1n) is 10.3. The topological polar surface area (TPSA) is 98.5 Å². The molecule has 0 aliphatic carbocycles. The van der Waals surface area contributed by atoms with Crippen molar-refractivity contribution in [3.05, 3.63) is 78.0 Å². The minimum Gasteiger partial charge on any atom is -0.326 e. The third-order valence-corrected chi connectivity index (χ3v) is 5.23. The molecule has 1 amide bonds. The smallest absolute Gasteiger partial charge is 0.255 e. The molecular formula is C24H22N6O. The zero-order chi connectivity index (χ0) is 21.2. The van der Waals surface area contributed by atoms with Crippen molar-refractivity contribution in [1.29, 1.82) is 0 Å². The van der Waals surface area contributed by atoms with Crippen molar-refractivity contribution in [3.63, 3.8) is 0 Å². The Hall–Kier alpha value is -4.13. The lowest BCUT2D eigenvalue weighted by molar-refractivity contribution is 0.102. The van der Waals surface area contributed by atoms with Crippen LogP contribution in [0.4, 0.5) is 17.3 Å². The average molecular weight is 410 g/mol. The standard InChI is InChI=1S/C24H22N6O/c1-2-5-15-6-3-4-7-19(15)27-24-28-20-11-9-16(12-22(20)29-24)23(31)26-18-10-8-17-14-25-30-21(17)13-18/h3-4,6-14H,2,5H2,1H3,(H,25,30)(H,26,31)(H2,27,28,29). The predicted molar refractivity (Wildman–Crippen MR) is 124 cm³/mol. The van der Waals surface area contributed by atoms with E-state index < -0.39 is 0 Å². The molecule has 0 bridgehead atoms. The number of aromatic amines is 2. The van der Waals surface area contributed by atoms with Crippen LogP contribution in [0, 0.1) is 0 Å². The normalized spacial score (nSPS) is 11.1. The summed E-state index contributed by atoms with van der Waals surface area (Å²) < 4.78 is 0. The van der Waals surface area contributed by atoms with Crippen LogP contribution in [0.5, 0.6) is 0 Å². The number of rotatable bonds is 6. The molecule has 5 rings (SSSR count). The van der Waals surface area contributed by atoms with E-state index in [-0.39, 0.29) is 5.91 Å². The number of benzene rings is 3. The predicted octanol–water partition coefficient (Wildman–Crippen LogP) is 5.39. The second kappa shape index (κ2) is 7.95. The number of aromatic nitrogens is 4. The van der Waals surface area contributed by atoms with E-state index in [0.717, 1.165) is 40.5 Å². The summed E-state index contributed by atoms with van der Waals surface area (Å²) in [5.41, 5.74) is 6.02. The quantitative estimate of drug-likeness (QED) is 0.302. The number of para-hydroxylation sites is 1. The number of amides is 1. The highest BCUT2D eigenvalue weighted by Gasteiger charge is 2.11. The Labute approximate surface area is 178 Å². The third-order valence-electron chi connectivity index (χ3n) is 5.23. The van der Waals surface area contributed by atoms with E-state index in [9.17, 15) is 4.79 Å². The van der Waals surface area contributed by atoms with Crippen LogP contribution in [0.1, 0.15) is 29.3 Å². The van der Waals surface area contributed by atoms with Crippen LogP contribution in [0.15, 0.2) is 66.9 Å². The van der Waals surface area contributed by atoms with E-state index in [0.29, 0.717) is 17.2 Å². The number of hydrogen-bond donors (Lipinski definition) is 4. The van der Waals surface area contributed by atoms with E-state index in [4.69, 9.17) is 0 Å². The fourth-order valence-corrected chi connectivity index (χ4v) is 3.69. The second-order valence-electron chi connectivity index (χ2n) is 7.48. The molecule has 7 nitrogen and oxygen atoms in total. The molecule has 0 atom stereocenters. The van der Waals surface area contributed by atoms with Gasteiger partial charge in [-0.15, -0.1) is 0 Å². The largest absolute Gasteiger partial charge is 0.326 e. The van der Waals surface area contributed by atoms with E-state index in [1.165, 1.54) is 5.56 Å². The van der Waals surface area contributed by atoms with Gasteiger partial charge < -0.3 is 15.6 Å². The monoisotopic (exact) mass is 410 g/mol. The van der Waals surface area contributed by atoms with Crippen LogP contribution in [-0.4, -0.2) is 26.1 Å². The summed E-state index contributed by atoms with van der Waals surface area (Å²) >= 11 is 0. The Balaban J connectivity index is 1.37. The number of hydrogen-bond acceptors (Lipinski definition) is 4. The maximum absolute atomic E-state index is 12.8. The lowest BCUT2D eigenvalue weighted by Crippen LogP contribution is -2.11. The van der Waals surface area contributed by atoms with Gasteiger partial charge in [0.15, 0.2) is 0 Å². The van der Waals surface area contributed by atoms with Crippen molar-refractivity contribution in [2.24, 2.45) is 0 Å². The summed E-state index contributed by atoms with van der Waals surface area (Å²) in [5.74, 6) is 0.471. The first kappa shape index (κ1) is 18.9. The van der Waals surface area contributed by atoms with Gasteiger partial charge in [-0.3, -0.25) is 9.89 Å². The van der Waals surface area contributed by atoms with Gasteiger partial charge in [0.2, 0.25) is 5.95 Å². The number of aryl methyl sites for hydroxylation is 1. The van der Waals surface area contributed by atoms with Crippen molar-refractivity contribution in [3.8, 4) is 0 Å². The zero-order valence-electron chi connectivity index (χ0n) is 17.1. The molecule has 0 radical (unpaired) electrons. The summed E-state index contributed by atoms with van der Waals surface area (Å²) in [6.45, 7) is 2.16. The van der Waals surface area contributed by atoms with Gasteiger partial charge in [-0.1, -0.05) is 31.5 Å². The highest BCUT2D eigenvalue weighted by molar-refractivity contribution is 6.06. The Morgan fingerprint density at radius 2 is 1.94 bits per heavy atom. The number of imidazole rings is 1. The molecule has 5 aromatic rings. The van der Waals surface area contributed by atoms with Gasteiger partial charge in [0.05, 0.1) is 22.7 Å². The van der Waals surface area contributed by atoms with Crippen molar-refractivity contribution < 1.29 is 4.79 Å². The molecule has 0 unspecified atom stereocenters. The summed E-state index contributed by atoms with van der Waals surface area (Å²) in [6, 6.07) is 19.3. The fraction of sp³-hybridized carbons (Fsp3) is 0.125. The Kier molecular flexibility index (Phi) is 4.84. The molecular weight excluding hydrogens is 388 g/mol. The Morgan fingerprint density at radius 1 is 1.03 bits per heavy atom. The van der Waals surface area contributed by atoms with Gasteiger partial charge in [0.1, 0.15) is 0 Å². The van der Waals surface area contributed by atoms with Crippen molar-refractivity contribution in [2.45, 2.75) is 19.8 Å². The zero-order valence-corrected chi connectivity index (χ0v) is 17.1. The summed E-state index contributed by atoms with van der Waals surface area (Å²) in [7, 11) is 0. The maximum atomic E-state index is 12.8. The molecule has 0 aliphatic rings. The first-order valence-corrected chi connectivity index (χ1v) is 10.3. The third kappa shape index (κ3) is 3.85. The van der Waals surface area contributed by atoms with E-state index in [1.807, 2.05) is 48.5 Å². The van der Waals surface area contributed by atoms with Crippen LogP contribution >= 0.6 is 0 Å². The molecule has 0 spiro atoms. The second-order valence-corrected chi connectivity index (χ2v) is 7.48. The van der Waals surface area contributed by atoms with E-state index in [2.05, 4.69) is 43.8 Å². The highest BCUT2D eigenvalue weighted by atomic mass is 16.1. The molecule has 0 aliphatic heterocycles. The lowest BCUT2D eigenvalue weighted by atomic mass is 10.1.